The van der Waals surface area contributed by atoms with E-state index in [2.05, 4.69) is 27.3 Å². The molecule has 5 rings (SSSR count). The maximum absolute atomic E-state index is 13.2. The monoisotopic (exact) mass is 358 g/mol. The van der Waals surface area contributed by atoms with Gasteiger partial charge in [-0.3, -0.25) is 4.79 Å². The zero-order valence-corrected chi connectivity index (χ0v) is 14.6. The zero-order chi connectivity index (χ0) is 18.2. The molecule has 1 aliphatic heterocycles. The Labute approximate surface area is 155 Å². The highest BCUT2D eigenvalue weighted by molar-refractivity contribution is 5.98. The average Bonchev–Trinajstić information content (AvgIpc) is 3.47. The van der Waals surface area contributed by atoms with Crippen molar-refractivity contribution in [2.24, 2.45) is 0 Å². The summed E-state index contributed by atoms with van der Waals surface area (Å²) in [4.78, 5) is 22.5. The number of nitrogens with one attached hydrogen (secondary N) is 1. The number of benzene rings is 2. The number of aromatic amines is 1. The molecule has 3 heterocycles. The molecule has 2 aromatic heterocycles. The Morgan fingerprint density at radius 1 is 1.07 bits per heavy atom. The fraction of sp³-hybridized carbons (Fsp3) is 0.190. The van der Waals surface area contributed by atoms with Crippen LogP contribution in [-0.2, 0) is 0 Å². The maximum Gasteiger partial charge on any atom is 0.253 e. The summed E-state index contributed by atoms with van der Waals surface area (Å²) in [5, 5.41) is 5.14. The van der Waals surface area contributed by atoms with Crippen molar-refractivity contribution >= 4 is 16.8 Å². The van der Waals surface area contributed by atoms with E-state index < -0.39 is 0 Å². The van der Waals surface area contributed by atoms with Gasteiger partial charge in [-0.1, -0.05) is 41.6 Å². The van der Waals surface area contributed by atoms with Crippen LogP contribution < -0.4 is 0 Å². The summed E-state index contributed by atoms with van der Waals surface area (Å²) in [6.45, 7) is 1.20. The minimum atomic E-state index is 0.0179. The molecule has 1 aliphatic rings. The van der Waals surface area contributed by atoms with Crippen molar-refractivity contribution in [3.8, 4) is 0 Å². The Hall–Kier alpha value is -3.41. The maximum atomic E-state index is 13.2. The number of H-pyrrole nitrogens is 1. The van der Waals surface area contributed by atoms with Crippen LogP contribution in [0.25, 0.3) is 10.9 Å². The molecule has 0 radical (unpaired) electrons. The van der Waals surface area contributed by atoms with E-state index in [1.807, 2.05) is 53.6 Å². The molecule has 1 fully saturated rings. The summed E-state index contributed by atoms with van der Waals surface area (Å²) in [6, 6.07) is 18.0. The summed E-state index contributed by atoms with van der Waals surface area (Å²) < 4.78 is 4.96. The molecule has 1 N–H and O–H groups in total. The van der Waals surface area contributed by atoms with E-state index in [1.54, 1.807) is 0 Å². The predicted octanol–water partition coefficient (Wildman–Crippen LogP) is 3.57. The number of carbonyl (C=O) groups excluding carboxylic acids is 1. The van der Waals surface area contributed by atoms with E-state index >= 15 is 0 Å². The highest BCUT2D eigenvalue weighted by Crippen LogP contribution is 2.38. The Morgan fingerprint density at radius 2 is 1.93 bits per heavy atom. The number of fused-ring (bicyclic) bond motifs is 1. The Balaban J connectivity index is 1.47. The molecule has 6 nitrogen and oxygen atoms in total. The topological polar surface area (TPSA) is 75.0 Å². The number of nitrogens with zero attached hydrogens (tertiary/aromatic N) is 3. The smallest absolute Gasteiger partial charge is 0.253 e. The molecule has 4 aromatic rings. The van der Waals surface area contributed by atoms with Gasteiger partial charge >= 0.3 is 0 Å². The molecule has 2 unspecified atom stereocenters. The van der Waals surface area contributed by atoms with Crippen LogP contribution in [0.5, 0.6) is 0 Å². The van der Waals surface area contributed by atoms with Crippen molar-refractivity contribution in [1.29, 1.82) is 0 Å². The highest BCUT2D eigenvalue weighted by Gasteiger charge is 2.39. The van der Waals surface area contributed by atoms with Crippen LogP contribution in [0, 0.1) is 0 Å². The second-order valence-corrected chi connectivity index (χ2v) is 6.90. The standard InChI is InChI=1S/C21H18N4O2/c26-21(16-7-6-15-8-9-22-19(15)10-16)25-11-17(14-4-2-1-3-5-14)18(12-25)20-23-13-27-24-20/h1-10,13,17-18,22H,11-12H2. The lowest BCUT2D eigenvalue weighted by molar-refractivity contribution is 0.0789. The van der Waals surface area contributed by atoms with Gasteiger partial charge in [0.25, 0.3) is 5.91 Å². The number of carbonyl (C=O) groups is 1. The van der Waals surface area contributed by atoms with Crippen LogP contribution in [0.15, 0.2) is 71.7 Å². The molecule has 0 saturated carbocycles. The first kappa shape index (κ1) is 15.8. The first-order chi connectivity index (χ1) is 13.3. The SMILES string of the molecule is O=C(c1ccc2cc[nH]c2c1)N1CC(c2ccccc2)C(c2ncon2)C1. The van der Waals surface area contributed by atoms with Gasteiger partial charge < -0.3 is 14.4 Å². The van der Waals surface area contributed by atoms with E-state index in [9.17, 15) is 4.79 Å². The van der Waals surface area contributed by atoms with Crippen molar-refractivity contribution in [1.82, 2.24) is 20.0 Å². The molecule has 1 saturated heterocycles. The molecular weight excluding hydrogens is 340 g/mol. The van der Waals surface area contributed by atoms with Crippen LogP contribution in [-0.4, -0.2) is 39.0 Å². The quantitative estimate of drug-likeness (QED) is 0.607. The summed E-state index contributed by atoms with van der Waals surface area (Å²) >= 11 is 0. The minimum Gasteiger partial charge on any atom is -0.361 e. The lowest BCUT2D eigenvalue weighted by Gasteiger charge is -2.17. The van der Waals surface area contributed by atoms with E-state index in [1.165, 1.54) is 12.0 Å². The van der Waals surface area contributed by atoms with Gasteiger partial charge in [-0.25, -0.2) is 0 Å². The van der Waals surface area contributed by atoms with E-state index in [0.29, 0.717) is 24.5 Å². The van der Waals surface area contributed by atoms with Gasteiger partial charge in [0.1, 0.15) is 0 Å². The van der Waals surface area contributed by atoms with Gasteiger partial charge in [-0.05, 0) is 29.1 Å². The molecule has 2 atom stereocenters. The van der Waals surface area contributed by atoms with Crippen molar-refractivity contribution in [2.45, 2.75) is 11.8 Å². The van der Waals surface area contributed by atoms with Crippen LogP contribution in [0.3, 0.4) is 0 Å². The first-order valence-corrected chi connectivity index (χ1v) is 8.97. The van der Waals surface area contributed by atoms with Gasteiger partial charge in [-0.2, -0.15) is 4.98 Å². The molecule has 0 aliphatic carbocycles. The summed E-state index contributed by atoms with van der Waals surface area (Å²) in [5.74, 6) is 0.837. The number of rotatable bonds is 3. The van der Waals surface area contributed by atoms with Crippen LogP contribution in [0.1, 0.15) is 33.6 Å². The molecule has 2 aromatic carbocycles. The Morgan fingerprint density at radius 3 is 2.74 bits per heavy atom. The van der Waals surface area contributed by atoms with Gasteiger partial charge in [0.05, 0.1) is 0 Å². The van der Waals surface area contributed by atoms with Crippen LogP contribution in [0.4, 0.5) is 0 Å². The fourth-order valence-corrected chi connectivity index (χ4v) is 3.97. The lowest BCUT2D eigenvalue weighted by atomic mass is 9.88. The van der Waals surface area contributed by atoms with Crippen molar-refractivity contribution in [3.05, 3.63) is 84.1 Å². The summed E-state index contributed by atoms with van der Waals surface area (Å²) in [7, 11) is 0. The zero-order valence-electron chi connectivity index (χ0n) is 14.6. The number of likely N-dealkylation sites (tertiary alicyclic amines) is 1. The molecule has 1 amide bonds. The van der Waals surface area contributed by atoms with Crippen molar-refractivity contribution < 1.29 is 9.32 Å². The average molecular weight is 358 g/mol. The Bertz CT molecular complexity index is 1070. The summed E-state index contributed by atoms with van der Waals surface area (Å²) in [6.07, 6.45) is 3.23. The predicted molar refractivity (Wildman–Crippen MR) is 100 cm³/mol. The van der Waals surface area contributed by atoms with E-state index in [0.717, 1.165) is 10.9 Å². The van der Waals surface area contributed by atoms with Crippen molar-refractivity contribution in [3.63, 3.8) is 0 Å². The largest absolute Gasteiger partial charge is 0.361 e. The fourth-order valence-electron chi connectivity index (χ4n) is 3.97. The second kappa shape index (κ2) is 6.39. The minimum absolute atomic E-state index is 0.0179. The van der Waals surface area contributed by atoms with E-state index in [-0.39, 0.29) is 17.7 Å². The van der Waals surface area contributed by atoms with Crippen molar-refractivity contribution in [2.75, 3.05) is 13.1 Å². The molecule has 0 spiro atoms. The second-order valence-electron chi connectivity index (χ2n) is 6.90. The third kappa shape index (κ3) is 2.79. The number of aromatic nitrogens is 3. The number of hydrogen-bond donors (Lipinski definition) is 1. The van der Waals surface area contributed by atoms with Gasteiger partial charge in [0.15, 0.2) is 5.82 Å². The van der Waals surface area contributed by atoms with Crippen LogP contribution in [0.2, 0.25) is 0 Å². The number of hydrogen-bond acceptors (Lipinski definition) is 4. The third-order valence-electron chi connectivity index (χ3n) is 5.35. The van der Waals surface area contributed by atoms with Gasteiger partial charge in [0, 0.05) is 42.2 Å². The molecule has 6 heteroatoms. The van der Waals surface area contributed by atoms with Crippen LogP contribution >= 0.6 is 0 Å². The lowest BCUT2D eigenvalue weighted by Crippen LogP contribution is -2.28. The Kier molecular flexibility index (Phi) is 3.74. The number of amides is 1. The van der Waals surface area contributed by atoms with E-state index in [4.69, 9.17) is 4.52 Å². The molecular formula is C21H18N4O2. The van der Waals surface area contributed by atoms with Gasteiger partial charge in [0.2, 0.25) is 6.39 Å². The molecule has 134 valence electrons. The third-order valence-corrected chi connectivity index (χ3v) is 5.35. The normalized spacial score (nSPS) is 19.6. The van der Waals surface area contributed by atoms with Gasteiger partial charge in [-0.15, -0.1) is 0 Å². The highest BCUT2D eigenvalue weighted by atomic mass is 16.5. The molecule has 27 heavy (non-hydrogen) atoms. The first-order valence-electron chi connectivity index (χ1n) is 8.97. The molecule has 0 bridgehead atoms. The summed E-state index contributed by atoms with van der Waals surface area (Å²) in [5.41, 5.74) is 2.84.